The summed E-state index contributed by atoms with van der Waals surface area (Å²) < 4.78 is 37.6. The van der Waals surface area contributed by atoms with E-state index in [1.807, 2.05) is 12.1 Å². The average molecular weight is 368 g/mol. The molecule has 1 fully saturated rings. The van der Waals surface area contributed by atoms with Crippen LogP contribution in [0, 0.1) is 5.92 Å². The highest BCUT2D eigenvalue weighted by molar-refractivity contribution is 5.92. The van der Waals surface area contributed by atoms with E-state index in [4.69, 9.17) is 0 Å². The van der Waals surface area contributed by atoms with Crippen LogP contribution in [-0.4, -0.2) is 57.2 Å². The maximum Gasteiger partial charge on any atom is 0.401 e. The fourth-order valence-corrected chi connectivity index (χ4v) is 3.06. The number of alkyl halides is 3. The molecule has 2 N–H and O–H groups in total. The van der Waals surface area contributed by atoms with Crippen molar-refractivity contribution in [2.45, 2.75) is 25.4 Å². The minimum absolute atomic E-state index is 0.126. The van der Waals surface area contributed by atoms with Gasteiger partial charge in [0.1, 0.15) is 0 Å². The minimum Gasteiger partial charge on any atom is -0.326 e. The zero-order chi connectivity index (χ0) is 18.6. The molecule has 0 bridgehead atoms. The first-order chi connectivity index (χ1) is 12.4. The molecule has 1 aromatic heterocycles. The Kier molecular flexibility index (Phi) is 5.50. The van der Waals surface area contributed by atoms with Gasteiger partial charge in [-0.25, -0.2) is 0 Å². The third kappa shape index (κ3) is 5.25. The van der Waals surface area contributed by atoms with Crippen LogP contribution in [0.5, 0.6) is 0 Å². The lowest BCUT2D eigenvalue weighted by molar-refractivity contribution is -0.151. The van der Waals surface area contributed by atoms with Crippen LogP contribution in [0.3, 0.4) is 0 Å². The molecule has 1 aromatic carbocycles. The van der Waals surface area contributed by atoms with Gasteiger partial charge in [-0.2, -0.15) is 18.4 Å². The molecular weight excluding hydrogens is 349 g/mol. The zero-order valence-corrected chi connectivity index (χ0v) is 14.0. The first-order valence-corrected chi connectivity index (χ1v) is 8.30. The molecule has 2 heterocycles. The highest BCUT2D eigenvalue weighted by atomic mass is 19.4. The Balaban J connectivity index is 1.54. The van der Waals surface area contributed by atoms with Gasteiger partial charge < -0.3 is 5.32 Å². The second-order valence-corrected chi connectivity index (χ2v) is 6.38. The van der Waals surface area contributed by atoms with Gasteiger partial charge in [0.2, 0.25) is 5.91 Å². The van der Waals surface area contributed by atoms with Crippen LogP contribution in [0.2, 0.25) is 0 Å². The monoisotopic (exact) mass is 368 g/mol. The molecule has 2 aromatic rings. The molecule has 1 amide bonds. The molecule has 3 rings (SSSR count). The number of anilines is 1. The van der Waals surface area contributed by atoms with Crippen molar-refractivity contribution < 1.29 is 18.0 Å². The van der Waals surface area contributed by atoms with E-state index < -0.39 is 18.6 Å². The van der Waals surface area contributed by atoms with E-state index in [0.717, 1.165) is 5.56 Å². The Labute approximate surface area is 148 Å². The van der Waals surface area contributed by atoms with E-state index in [2.05, 4.69) is 25.9 Å². The van der Waals surface area contributed by atoms with Gasteiger partial charge in [0.05, 0.1) is 12.5 Å². The van der Waals surface area contributed by atoms with Crippen molar-refractivity contribution in [1.82, 2.24) is 25.5 Å². The number of halogens is 3. The number of hydrogen-bond acceptors (Lipinski definition) is 5. The largest absolute Gasteiger partial charge is 0.401 e. The Morgan fingerprint density at radius 1 is 1.31 bits per heavy atom. The fourth-order valence-electron chi connectivity index (χ4n) is 3.06. The van der Waals surface area contributed by atoms with Crippen LogP contribution in [-0.2, 0) is 11.2 Å². The van der Waals surface area contributed by atoms with Gasteiger partial charge >= 0.3 is 6.18 Å². The highest BCUT2D eigenvalue weighted by Crippen LogP contribution is 2.23. The molecule has 1 saturated heterocycles. The highest BCUT2D eigenvalue weighted by Gasteiger charge is 2.34. The van der Waals surface area contributed by atoms with Gasteiger partial charge in [0.15, 0.2) is 5.82 Å². The van der Waals surface area contributed by atoms with Crippen LogP contribution in [0.25, 0.3) is 0 Å². The Morgan fingerprint density at radius 3 is 2.73 bits per heavy atom. The second-order valence-electron chi connectivity index (χ2n) is 6.38. The van der Waals surface area contributed by atoms with Crippen molar-refractivity contribution in [1.29, 1.82) is 0 Å². The van der Waals surface area contributed by atoms with Crippen LogP contribution in [0.4, 0.5) is 18.9 Å². The second kappa shape index (κ2) is 7.81. The van der Waals surface area contributed by atoms with Gasteiger partial charge in [0, 0.05) is 18.7 Å². The van der Waals surface area contributed by atoms with E-state index in [1.165, 1.54) is 4.90 Å². The molecule has 26 heavy (non-hydrogen) atoms. The van der Waals surface area contributed by atoms with Gasteiger partial charge in [-0.15, -0.1) is 10.2 Å². The van der Waals surface area contributed by atoms with E-state index in [1.54, 1.807) is 12.1 Å². The number of tetrazole rings is 1. The lowest BCUT2D eigenvalue weighted by Crippen LogP contribution is -2.44. The Bertz CT molecular complexity index is 717. The molecule has 140 valence electrons. The third-order valence-corrected chi connectivity index (χ3v) is 4.25. The summed E-state index contributed by atoms with van der Waals surface area (Å²) in [6.45, 7) is -0.475. The summed E-state index contributed by atoms with van der Waals surface area (Å²) >= 11 is 0. The predicted molar refractivity (Wildman–Crippen MR) is 87.3 cm³/mol. The van der Waals surface area contributed by atoms with Crippen molar-refractivity contribution in [3.8, 4) is 0 Å². The molecular formula is C16H19F3N6O. The third-order valence-electron chi connectivity index (χ3n) is 4.25. The van der Waals surface area contributed by atoms with Crippen LogP contribution < -0.4 is 5.32 Å². The van der Waals surface area contributed by atoms with Gasteiger partial charge in [0.25, 0.3) is 0 Å². The molecule has 1 aliphatic rings. The van der Waals surface area contributed by atoms with E-state index in [9.17, 15) is 18.0 Å². The van der Waals surface area contributed by atoms with Gasteiger partial charge in [-0.05, 0) is 37.1 Å². The molecule has 1 atom stereocenters. The summed E-state index contributed by atoms with van der Waals surface area (Å²) in [6.07, 6.45) is -2.56. The minimum atomic E-state index is -4.24. The summed E-state index contributed by atoms with van der Waals surface area (Å²) in [5, 5.41) is 16.4. The first kappa shape index (κ1) is 18.3. The molecule has 0 spiro atoms. The molecule has 10 heteroatoms. The lowest BCUT2D eigenvalue weighted by atomic mass is 9.97. The predicted octanol–water partition coefficient (Wildman–Crippen LogP) is 2.00. The SMILES string of the molecule is O=C(Nc1ccc(Cc2nn[nH]n2)cc1)C1CCCN(CC(F)(F)F)C1. The zero-order valence-electron chi connectivity index (χ0n) is 14.0. The number of nitrogens with zero attached hydrogens (tertiary/aromatic N) is 4. The smallest absolute Gasteiger partial charge is 0.326 e. The first-order valence-electron chi connectivity index (χ1n) is 8.30. The Hall–Kier alpha value is -2.49. The quantitative estimate of drug-likeness (QED) is 0.843. The summed E-state index contributed by atoms with van der Waals surface area (Å²) in [6, 6.07) is 7.18. The number of piperidine rings is 1. The molecule has 0 saturated carbocycles. The molecule has 1 unspecified atom stereocenters. The number of nitrogens with one attached hydrogen (secondary N) is 2. The number of aromatic nitrogens is 4. The van der Waals surface area contributed by atoms with Crippen molar-refractivity contribution >= 4 is 11.6 Å². The number of amides is 1. The van der Waals surface area contributed by atoms with Crippen molar-refractivity contribution in [2.24, 2.45) is 5.92 Å². The number of aromatic amines is 1. The number of benzene rings is 1. The molecule has 0 aliphatic carbocycles. The van der Waals surface area contributed by atoms with E-state index >= 15 is 0 Å². The maximum atomic E-state index is 12.5. The van der Waals surface area contributed by atoms with E-state index in [-0.39, 0.29) is 12.5 Å². The van der Waals surface area contributed by atoms with Gasteiger partial charge in [-0.1, -0.05) is 17.3 Å². The summed E-state index contributed by atoms with van der Waals surface area (Å²) in [7, 11) is 0. The van der Waals surface area contributed by atoms with Crippen LogP contribution in [0.15, 0.2) is 24.3 Å². The van der Waals surface area contributed by atoms with Crippen molar-refractivity contribution in [3.05, 3.63) is 35.7 Å². The maximum absolute atomic E-state index is 12.5. The summed E-state index contributed by atoms with van der Waals surface area (Å²) in [4.78, 5) is 13.7. The summed E-state index contributed by atoms with van der Waals surface area (Å²) in [5.41, 5.74) is 1.57. The number of likely N-dealkylation sites (tertiary alicyclic amines) is 1. The fraction of sp³-hybridized carbons (Fsp3) is 0.500. The Morgan fingerprint density at radius 2 is 2.08 bits per heavy atom. The van der Waals surface area contributed by atoms with Crippen molar-refractivity contribution in [2.75, 3.05) is 25.0 Å². The molecule has 1 aliphatic heterocycles. The van der Waals surface area contributed by atoms with E-state index in [0.29, 0.717) is 37.3 Å². The summed E-state index contributed by atoms with van der Waals surface area (Å²) in [5.74, 6) is -0.123. The van der Waals surface area contributed by atoms with Crippen LogP contribution >= 0.6 is 0 Å². The topological polar surface area (TPSA) is 86.8 Å². The lowest BCUT2D eigenvalue weighted by Gasteiger charge is -2.32. The van der Waals surface area contributed by atoms with Gasteiger partial charge in [-0.3, -0.25) is 9.69 Å². The number of rotatable bonds is 5. The molecule has 7 nitrogen and oxygen atoms in total. The standard InChI is InChI=1S/C16H19F3N6O/c17-16(18,19)10-25-7-1-2-12(9-25)15(26)20-13-5-3-11(4-6-13)8-14-21-23-24-22-14/h3-6,12H,1-2,7-10H2,(H,20,26)(H,21,22,23,24). The number of carbonyl (C=O) groups is 1. The van der Waals surface area contributed by atoms with Crippen molar-refractivity contribution in [3.63, 3.8) is 0 Å². The normalized spacial score (nSPS) is 18.7. The average Bonchev–Trinajstić information content (AvgIpc) is 3.08. The number of hydrogen-bond donors (Lipinski definition) is 2. The number of carbonyl (C=O) groups excluding carboxylic acids is 1. The molecule has 0 radical (unpaired) electrons. The van der Waals surface area contributed by atoms with Crippen LogP contribution in [0.1, 0.15) is 24.2 Å². The number of H-pyrrole nitrogens is 1.